The van der Waals surface area contributed by atoms with Gasteiger partial charge in [-0.1, -0.05) is 12.1 Å². The van der Waals surface area contributed by atoms with E-state index in [4.69, 9.17) is 9.26 Å². The number of hydrogen-bond donors (Lipinski definition) is 0. The lowest BCUT2D eigenvalue weighted by Crippen LogP contribution is -2.52. The van der Waals surface area contributed by atoms with Crippen LogP contribution in [0.15, 0.2) is 28.8 Å². The lowest BCUT2D eigenvalue weighted by Gasteiger charge is -2.40. The number of piperidine rings is 1. The summed E-state index contributed by atoms with van der Waals surface area (Å²) in [6.45, 7) is 0.343. The highest BCUT2D eigenvalue weighted by molar-refractivity contribution is 5.75. The van der Waals surface area contributed by atoms with E-state index in [1.54, 1.807) is 9.80 Å². The van der Waals surface area contributed by atoms with Gasteiger partial charge in [-0.3, -0.25) is 0 Å². The Morgan fingerprint density at radius 2 is 1.66 bits per heavy atom. The first-order valence-corrected chi connectivity index (χ1v) is 10.8. The van der Waals surface area contributed by atoms with Crippen molar-refractivity contribution in [2.45, 2.75) is 30.6 Å². The van der Waals surface area contributed by atoms with Crippen molar-refractivity contribution in [1.29, 1.82) is 0 Å². The van der Waals surface area contributed by atoms with Crippen LogP contribution in [0.5, 0.6) is 6.01 Å². The zero-order valence-corrected chi connectivity index (χ0v) is 18.3. The Morgan fingerprint density at radius 3 is 2.29 bits per heavy atom. The molecule has 3 heterocycles. The van der Waals surface area contributed by atoms with Gasteiger partial charge in [0, 0.05) is 32.1 Å². The fourth-order valence-electron chi connectivity index (χ4n) is 4.17. The maximum absolute atomic E-state index is 13.1. The molecule has 0 radical (unpaired) electrons. The standard InChI is InChI=1S/C21H22F6N4O4/c22-20(23,24)12-34-18-28-17(35-29-18)15-9-14(13-1-3-16(4-2-13)21(25,26)27)10-31(11-15)19(32)30-5-7-33-8-6-30/h1-4,14-15H,5-12H2. The van der Waals surface area contributed by atoms with Gasteiger partial charge in [-0.05, 0) is 29.3 Å². The second-order valence-electron chi connectivity index (χ2n) is 8.36. The molecule has 2 fully saturated rings. The molecule has 2 amide bonds. The molecular formula is C21H22F6N4O4. The molecule has 8 nitrogen and oxygen atoms in total. The first-order valence-electron chi connectivity index (χ1n) is 10.8. The summed E-state index contributed by atoms with van der Waals surface area (Å²) in [6, 6.07) is 3.81. The number of alkyl halides is 6. The number of hydrogen-bond acceptors (Lipinski definition) is 6. The van der Waals surface area contributed by atoms with Gasteiger partial charge >= 0.3 is 24.4 Å². The van der Waals surface area contributed by atoms with Crippen molar-refractivity contribution in [3.05, 3.63) is 41.3 Å². The molecule has 0 N–H and O–H groups in total. The molecule has 192 valence electrons. The normalized spacial score (nSPS) is 21.8. The van der Waals surface area contributed by atoms with Gasteiger partial charge in [0.15, 0.2) is 6.61 Å². The Bertz CT molecular complexity index is 1000. The van der Waals surface area contributed by atoms with Gasteiger partial charge in [-0.25, -0.2) is 4.79 Å². The molecule has 0 saturated carbocycles. The van der Waals surface area contributed by atoms with E-state index in [1.807, 2.05) is 0 Å². The Kier molecular flexibility index (Phi) is 7.10. The van der Waals surface area contributed by atoms with Crippen LogP contribution >= 0.6 is 0 Å². The molecule has 2 unspecified atom stereocenters. The van der Waals surface area contributed by atoms with Gasteiger partial charge in [-0.15, -0.1) is 0 Å². The highest BCUT2D eigenvalue weighted by atomic mass is 19.4. The number of carbonyl (C=O) groups excluding carboxylic acids is 1. The molecule has 2 aliphatic heterocycles. The van der Waals surface area contributed by atoms with Crippen LogP contribution in [0, 0.1) is 0 Å². The average Bonchev–Trinajstić information content (AvgIpc) is 3.31. The quantitative estimate of drug-likeness (QED) is 0.580. The topological polar surface area (TPSA) is 80.9 Å². The Hall–Kier alpha value is -3.03. The number of nitrogens with zero attached hydrogens (tertiary/aromatic N) is 4. The Labute approximate surface area is 195 Å². The van der Waals surface area contributed by atoms with Crippen molar-refractivity contribution in [3.63, 3.8) is 0 Å². The Morgan fingerprint density at radius 1 is 1.00 bits per heavy atom. The molecule has 2 saturated heterocycles. The Balaban J connectivity index is 1.55. The third kappa shape index (κ3) is 6.35. The number of rotatable bonds is 4. The molecule has 1 aromatic heterocycles. The number of urea groups is 1. The van der Waals surface area contributed by atoms with E-state index in [9.17, 15) is 31.1 Å². The summed E-state index contributed by atoms with van der Waals surface area (Å²) in [5.41, 5.74) is -0.214. The second-order valence-corrected chi connectivity index (χ2v) is 8.36. The van der Waals surface area contributed by atoms with Gasteiger partial charge in [0.2, 0.25) is 5.89 Å². The van der Waals surface area contributed by atoms with Crippen molar-refractivity contribution in [3.8, 4) is 6.01 Å². The van der Waals surface area contributed by atoms with E-state index in [1.165, 1.54) is 12.1 Å². The van der Waals surface area contributed by atoms with Crippen molar-refractivity contribution in [2.24, 2.45) is 0 Å². The first-order chi connectivity index (χ1) is 16.5. The average molecular weight is 508 g/mol. The summed E-state index contributed by atoms with van der Waals surface area (Å²) in [6.07, 6.45) is -8.73. The molecule has 4 rings (SSSR count). The smallest absolute Gasteiger partial charge is 0.422 e. The van der Waals surface area contributed by atoms with Crippen molar-refractivity contribution >= 4 is 6.03 Å². The number of amides is 2. The highest BCUT2D eigenvalue weighted by Crippen LogP contribution is 2.37. The third-order valence-electron chi connectivity index (χ3n) is 5.85. The molecule has 2 atom stereocenters. The molecule has 14 heteroatoms. The van der Waals surface area contributed by atoms with Gasteiger partial charge in [0.05, 0.1) is 24.7 Å². The van der Waals surface area contributed by atoms with Crippen LogP contribution in [0.4, 0.5) is 31.1 Å². The van der Waals surface area contributed by atoms with Crippen molar-refractivity contribution < 1.29 is 45.1 Å². The predicted octanol–water partition coefficient (Wildman–Crippen LogP) is 4.05. The molecule has 35 heavy (non-hydrogen) atoms. The molecule has 2 aromatic rings. The van der Waals surface area contributed by atoms with E-state index in [0.29, 0.717) is 38.3 Å². The molecule has 1 aromatic carbocycles. The fraction of sp³-hybridized carbons (Fsp3) is 0.571. The SMILES string of the molecule is O=C(N1CCOCC1)N1CC(c2ccc(C(F)(F)F)cc2)CC(c2nc(OCC(F)(F)F)no2)C1. The predicted molar refractivity (Wildman–Crippen MR) is 107 cm³/mol. The third-order valence-corrected chi connectivity index (χ3v) is 5.85. The monoisotopic (exact) mass is 508 g/mol. The van der Waals surface area contributed by atoms with Gasteiger partial charge in [0.25, 0.3) is 0 Å². The first kappa shape index (κ1) is 25.1. The van der Waals surface area contributed by atoms with Gasteiger partial charge in [0.1, 0.15) is 0 Å². The maximum Gasteiger partial charge on any atom is 0.422 e. The van der Waals surface area contributed by atoms with Crippen LogP contribution in [-0.4, -0.2) is 78.1 Å². The summed E-state index contributed by atoms with van der Waals surface area (Å²) >= 11 is 0. The highest BCUT2D eigenvalue weighted by Gasteiger charge is 2.38. The minimum Gasteiger partial charge on any atom is -0.452 e. The minimum absolute atomic E-state index is 0.0152. The number of carbonyl (C=O) groups is 1. The summed E-state index contributed by atoms with van der Waals surface area (Å²) in [7, 11) is 0. The summed E-state index contributed by atoms with van der Waals surface area (Å²) in [5, 5.41) is 3.43. The van der Waals surface area contributed by atoms with E-state index < -0.39 is 36.5 Å². The second kappa shape index (κ2) is 9.91. The van der Waals surface area contributed by atoms with Crippen LogP contribution in [0.3, 0.4) is 0 Å². The molecule has 0 aliphatic carbocycles. The lowest BCUT2D eigenvalue weighted by molar-refractivity contribution is -0.154. The molecule has 0 spiro atoms. The largest absolute Gasteiger partial charge is 0.452 e. The van der Waals surface area contributed by atoms with Crippen molar-refractivity contribution in [1.82, 2.24) is 19.9 Å². The van der Waals surface area contributed by atoms with Crippen LogP contribution in [0.2, 0.25) is 0 Å². The lowest BCUT2D eigenvalue weighted by atomic mass is 9.84. The number of aromatic nitrogens is 2. The summed E-state index contributed by atoms with van der Waals surface area (Å²) in [5.74, 6) is -0.942. The number of benzene rings is 1. The molecular weight excluding hydrogens is 486 g/mol. The van der Waals surface area contributed by atoms with E-state index >= 15 is 0 Å². The maximum atomic E-state index is 13.1. The van der Waals surface area contributed by atoms with Crippen LogP contribution in [0.25, 0.3) is 0 Å². The summed E-state index contributed by atoms with van der Waals surface area (Å²) < 4.78 is 91.1. The van der Waals surface area contributed by atoms with E-state index in [0.717, 1.165) is 12.1 Å². The number of morpholine rings is 1. The zero-order chi connectivity index (χ0) is 25.2. The minimum atomic E-state index is -4.58. The molecule has 2 aliphatic rings. The van der Waals surface area contributed by atoms with E-state index in [-0.39, 0.29) is 30.9 Å². The zero-order valence-electron chi connectivity index (χ0n) is 18.3. The fourth-order valence-corrected chi connectivity index (χ4v) is 4.17. The number of likely N-dealkylation sites (tertiary alicyclic amines) is 1. The van der Waals surface area contributed by atoms with Gasteiger partial charge < -0.3 is 23.8 Å². The summed E-state index contributed by atoms with van der Waals surface area (Å²) in [4.78, 5) is 20.2. The van der Waals surface area contributed by atoms with Crippen molar-refractivity contribution in [2.75, 3.05) is 46.0 Å². The van der Waals surface area contributed by atoms with Crippen LogP contribution < -0.4 is 4.74 Å². The van der Waals surface area contributed by atoms with Gasteiger partial charge in [-0.2, -0.15) is 31.3 Å². The number of ether oxygens (including phenoxy) is 2. The van der Waals surface area contributed by atoms with Crippen LogP contribution in [0.1, 0.15) is 35.3 Å². The van der Waals surface area contributed by atoms with Crippen LogP contribution in [-0.2, 0) is 10.9 Å². The van der Waals surface area contributed by atoms with E-state index in [2.05, 4.69) is 14.9 Å². The number of halogens is 6. The molecule has 0 bridgehead atoms.